The molecule has 0 aliphatic heterocycles. The zero-order valence-electron chi connectivity index (χ0n) is 14.6. The lowest BCUT2D eigenvalue weighted by Crippen LogP contribution is -2.28. The van der Waals surface area contributed by atoms with Crippen LogP contribution in [0.25, 0.3) is 0 Å². The maximum atomic E-state index is 11.9. The van der Waals surface area contributed by atoms with E-state index in [1.165, 1.54) is 0 Å². The molecule has 1 N–H and O–H groups in total. The van der Waals surface area contributed by atoms with Crippen LogP contribution in [-0.4, -0.2) is 19.1 Å². The van der Waals surface area contributed by atoms with E-state index in [0.29, 0.717) is 19.8 Å². The number of benzene rings is 2. The normalized spacial score (nSPS) is 10.5. The van der Waals surface area contributed by atoms with Crippen LogP contribution >= 0.6 is 0 Å². The van der Waals surface area contributed by atoms with Crippen molar-refractivity contribution in [3.8, 4) is 5.75 Å². The minimum Gasteiger partial charge on any atom is -0.483 e. The fraction of sp³-hybridized carbons (Fsp3) is 0.350. The summed E-state index contributed by atoms with van der Waals surface area (Å²) in [5.41, 5.74) is 4.32. The number of hydrogen-bond donors (Lipinski definition) is 1. The van der Waals surface area contributed by atoms with E-state index in [1.807, 2.05) is 63.2 Å². The lowest BCUT2D eigenvalue weighted by atomic mass is 10.1. The third-order valence-corrected chi connectivity index (χ3v) is 3.69. The van der Waals surface area contributed by atoms with Crippen LogP contribution in [0.2, 0.25) is 0 Å². The smallest absolute Gasteiger partial charge is 0.258 e. The topological polar surface area (TPSA) is 47.6 Å². The van der Waals surface area contributed by atoms with Gasteiger partial charge in [0, 0.05) is 13.2 Å². The summed E-state index contributed by atoms with van der Waals surface area (Å²) in [4.78, 5) is 11.9. The molecule has 0 unspecified atom stereocenters. The second-order valence-electron chi connectivity index (χ2n) is 5.79. The van der Waals surface area contributed by atoms with Crippen molar-refractivity contribution in [1.82, 2.24) is 5.32 Å². The van der Waals surface area contributed by atoms with Crippen molar-refractivity contribution in [2.75, 3.05) is 13.2 Å². The fourth-order valence-electron chi connectivity index (χ4n) is 2.23. The molecule has 2 aromatic rings. The maximum Gasteiger partial charge on any atom is 0.258 e. The lowest BCUT2D eigenvalue weighted by Gasteiger charge is -2.10. The summed E-state index contributed by atoms with van der Waals surface area (Å²) in [6.07, 6.45) is 0. The Morgan fingerprint density at radius 1 is 1.04 bits per heavy atom. The molecule has 0 aliphatic carbocycles. The molecule has 0 spiro atoms. The van der Waals surface area contributed by atoms with Gasteiger partial charge >= 0.3 is 0 Å². The van der Waals surface area contributed by atoms with E-state index >= 15 is 0 Å². The Balaban J connectivity index is 1.77. The first-order valence-corrected chi connectivity index (χ1v) is 8.20. The number of ether oxygens (including phenoxy) is 2. The van der Waals surface area contributed by atoms with Gasteiger partial charge in [0.2, 0.25) is 0 Å². The van der Waals surface area contributed by atoms with E-state index in [-0.39, 0.29) is 12.5 Å². The third kappa shape index (κ3) is 5.70. The van der Waals surface area contributed by atoms with Crippen LogP contribution < -0.4 is 10.1 Å². The van der Waals surface area contributed by atoms with Gasteiger partial charge in [-0.25, -0.2) is 0 Å². The Hall–Kier alpha value is -2.33. The first kappa shape index (κ1) is 18.0. The van der Waals surface area contributed by atoms with Gasteiger partial charge in [-0.3, -0.25) is 4.79 Å². The van der Waals surface area contributed by atoms with Crippen LogP contribution in [-0.2, 0) is 22.7 Å². The van der Waals surface area contributed by atoms with Gasteiger partial charge in [-0.05, 0) is 49.1 Å². The summed E-state index contributed by atoms with van der Waals surface area (Å²) < 4.78 is 11.0. The molecular formula is C20H25NO3. The lowest BCUT2D eigenvalue weighted by molar-refractivity contribution is -0.123. The molecule has 0 fully saturated rings. The van der Waals surface area contributed by atoms with Gasteiger partial charge in [-0.15, -0.1) is 0 Å². The third-order valence-electron chi connectivity index (χ3n) is 3.69. The number of amides is 1. The summed E-state index contributed by atoms with van der Waals surface area (Å²) in [6, 6.07) is 14.0. The van der Waals surface area contributed by atoms with Gasteiger partial charge in [0.25, 0.3) is 5.91 Å². The number of hydrogen-bond acceptors (Lipinski definition) is 3. The molecule has 2 rings (SSSR count). The molecule has 24 heavy (non-hydrogen) atoms. The molecule has 0 saturated carbocycles. The second kappa shape index (κ2) is 9.08. The highest BCUT2D eigenvalue weighted by atomic mass is 16.5. The SMILES string of the molecule is CCOCc1ccc(CNC(=O)COc2cc(C)ccc2C)cc1. The van der Waals surface area contributed by atoms with Crippen molar-refractivity contribution in [2.24, 2.45) is 0 Å². The summed E-state index contributed by atoms with van der Waals surface area (Å²) in [5.74, 6) is 0.625. The van der Waals surface area contributed by atoms with Crippen LogP contribution in [0.4, 0.5) is 0 Å². The van der Waals surface area contributed by atoms with E-state index in [2.05, 4.69) is 5.32 Å². The molecule has 128 valence electrons. The first-order valence-electron chi connectivity index (χ1n) is 8.20. The largest absolute Gasteiger partial charge is 0.483 e. The van der Waals surface area contributed by atoms with Gasteiger partial charge in [-0.2, -0.15) is 0 Å². The minimum atomic E-state index is -0.130. The number of rotatable bonds is 8. The molecule has 2 aromatic carbocycles. The van der Waals surface area contributed by atoms with Gasteiger partial charge in [0.15, 0.2) is 6.61 Å². The average Bonchev–Trinajstić information content (AvgIpc) is 2.59. The molecule has 1 amide bonds. The van der Waals surface area contributed by atoms with E-state index in [0.717, 1.165) is 28.0 Å². The Morgan fingerprint density at radius 3 is 2.46 bits per heavy atom. The number of carbonyl (C=O) groups excluding carboxylic acids is 1. The van der Waals surface area contributed by atoms with Gasteiger partial charge in [-0.1, -0.05) is 36.4 Å². The quantitative estimate of drug-likeness (QED) is 0.807. The van der Waals surface area contributed by atoms with Gasteiger partial charge in [0.05, 0.1) is 6.61 Å². The summed E-state index contributed by atoms with van der Waals surface area (Å²) >= 11 is 0. The number of aryl methyl sites for hydroxylation is 2. The van der Waals surface area contributed by atoms with Crippen molar-refractivity contribution < 1.29 is 14.3 Å². The minimum absolute atomic E-state index is 0.0206. The monoisotopic (exact) mass is 327 g/mol. The highest BCUT2D eigenvalue weighted by molar-refractivity contribution is 5.77. The van der Waals surface area contributed by atoms with E-state index in [9.17, 15) is 4.79 Å². The number of carbonyl (C=O) groups is 1. The van der Waals surface area contributed by atoms with E-state index < -0.39 is 0 Å². The van der Waals surface area contributed by atoms with Crippen molar-refractivity contribution in [2.45, 2.75) is 33.9 Å². The second-order valence-corrected chi connectivity index (χ2v) is 5.79. The Labute approximate surface area is 143 Å². The Morgan fingerprint density at radius 2 is 1.75 bits per heavy atom. The molecule has 0 heterocycles. The fourth-order valence-corrected chi connectivity index (χ4v) is 2.23. The van der Waals surface area contributed by atoms with Crippen LogP contribution in [0.5, 0.6) is 5.75 Å². The molecule has 4 heteroatoms. The van der Waals surface area contributed by atoms with Crippen molar-refractivity contribution >= 4 is 5.91 Å². The van der Waals surface area contributed by atoms with Crippen LogP contribution in [0.3, 0.4) is 0 Å². The zero-order valence-corrected chi connectivity index (χ0v) is 14.6. The molecule has 0 aromatic heterocycles. The summed E-state index contributed by atoms with van der Waals surface area (Å²) in [6.45, 7) is 7.78. The highest BCUT2D eigenvalue weighted by Crippen LogP contribution is 2.18. The highest BCUT2D eigenvalue weighted by Gasteiger charge is 2.05. The zero-order chi connectivity index (χ0) is 17.4. The van der Waals surface area contributed by atoms with Crippen molar-refractivity contribution in [3.63, 3.8) is 0 Å². The summed E-state index contributed by atoms with van der Waals surface area (Å²) in [5, 5.41) is 2.87. The van der Waals surface area contributed by atoms with Crippen LogP contribution in [0, 0.1) is 13.8 Å². The van der Waals surface area contributed by atoms with Gasteiger partial charge < -0.3 is 14.8 Å². The van der Waals surface area contributed by atoms with Crippen LogP contribution in [0.1, 0.15) is 29.2 Å². The Bertz CT molecular complexity index is 665. The predicted molar refractivity (Wildman–Crippen MR) is 95.0 cm³/mol. The van der Waals surface area contributed by atoms with E-state index in [1.54, 1.807) is 0 Å². The molecule has 4 nitrogen and oxygen atoms in total. The standard InChI is InChI=1S/C20H25NO3/c1-4-23-13-18-9-7-17(8-10-18)12-21-20(22)14-24-19-11-15(2)5-6-16(19)3/h5-11H,4,12-14H2,1-3H3,(H,21,22). The molecule has 0 aliphatic rings. The molecule has 0 bridgehead atoms. The van der Waals surface area contributed by atoms with Crippen molar-refractivity contribution in [3.05, 3.63) is 64.7 Å². The average molecular weight is 327 g/mol. The maximum absolute atomic E-state index is 11.9. The molecule has 0 saturated heterocycles. The van der Waals surface area contributed by atoms with Gasteiger partial charge in [0.1, 0.15) is 5.75 Å². The first-order chi connectivity index (χ1) is 11.6. The Kier molecular flexibility index (Phi) is 6.82. The molecule has 0 radical (unpaired) electrons. The predicted octanol–water partition coefficient (Wildman–Crippen LogP) is 3.54. The molecule has 0 atom stereocenters. The molecular weight excluding hydrogens is 302 g/mol. The number of nitrogens with one attached hydrogen (secondary N) is 1. The van der Waals surface area contributed by atoms with Crippen LogP contribution in [0.15, 0.2) is 42.5 Å². The summed E-state index contributed by atoms with van der Waals surface area (Å²) in [7, 11) is 0. The van der Waals surface area contributed by atoms with Crippen molar-refractivity contribution in [1.29, 1.82) is 0 Å². The van der Waals surface area contributed by atoms with E-state index in [4.69, 9.17) is 9.47 Å².